The van der Waals surface area contributed by atoms with Crippen LogP contribution in [0.4, 0.5) is 0 Å². The first kappa shape index (κ1) is 15.0. The van der Waals surface area contributed by atoms with Crippen molar-refractivity contribution in [2.75, 3.05) is 7.11 Å². The van der Waals surface area contributed by atoms with Crippen LogP contribution in [0.5, 0.6) is 0 Å². The Bertz CT molecular complexity index is 465. The second kappa shape index (κ2) is 6.75. The smallest absolute Gasteiger partial charge is 0.328 e. The maximum absolute atomic E-state index is 11.9. The molecular formula is C12H13BrClNO3. The molecule has 0 radical (unpaired) electrons. The second-order valence-corrected chi connectivity index (χ2v) is 4.85. The average Bonchev–Trinajstić information content (AvgIpc) is 2.37. The standard InChI is InChI=1S/C12H13BrClNO3/c1-3-10(12(17)18-2)15-11(16)7-4-5-9(14)8(13)6-7/h4-6,10H,3H2,1-2H3,(H,15,16). The van der Waals surface area contributed by atoms with Crippen molar-refractivity contribution in [1.82, 2.24) is 5.32 Å². The van der Waals surface area contributed by atoms with E-state index in [9.17, 15) is 9.59 Å². The largest absolute Gasteiger partial charge is 0.467 e. The predicted octanol–water partition coefficient (Wildman–Crippen LogP) is 2.78. The van der Waals surface area contributed by atoms with Crippen molar-refractivity contribution >= 4 is 39.4 Å². The molecule has 1 aromatic rings. The lowest BCUT2D eigenvalue weighted by atomic mass is 10.1. The Balaban J connectivity index is 2.81. The third kappa shape index (κ3) is 3.71. The Morgan fingerprint density at radius 1 is 1.50 bits per heavy atom. The summed E-state index contributed by atoms with van der Waals surface area (Å²) in [6, 6.07) is 4.16. The molecule has 1 unspecified atom stereocenters. The number of amides is 1. The number of benzene rings is 1. The van der Waals surface area contributed by atoms with Crippen molar-refractivity contribution in [2.45, 2.75) is 19.4 Å². The molecule has 0 spiro atoms. The fourth-order valence-corrected chi connectivity index (χ4v) is 1.85. The molecule has 1 rings (SSSR count). The molecule has 0 aliphatic carbocycles. The van der Waals surface area contributed by atoms with Gasteiger partial charge in [-0.3, -0.25) is 4.79 Å². The van der Waals surface area contributed by atoms with Crippen molar-refractivity contribution in [3.05, 3.63) is 33.3 Å². The van der Waals surface area contributed by atoms with Crippen LogP contribution in [0.1, 0.15) is 23.7 Å². The highest BCUT2D eigenvalue weighted by Gasteiger charge is 2.20. The molecule has 0 bridgehead atoms. The number of carbonyl (C=O) groups excluding carboxylic acids is 2. The predicted molar refractivity (Wildman–Crippen MR) is 72.7 cm³/mol. The van der Waals surface area contributed by atoms with Crippen LogP contribution >= 0.6 is 27.5 Å². The number of ether oxygens (including phenoxy) is 1. The molecule has 6 heteroatoms. The lowest BCUT2D eigenvalue weighted by Gasteiger charge is -2.14. The minimum absolute atomic E-state index is 0.343. The van der Waals surface area contributed by atoms with E-state index in [1.807, 2.05) is 0 Å². The minimum Gasteiger partial charge on any atom is -0.467 e. The minimum atomic E-state index is -0.642. The molecule has 1 atom stereocenters. The third-order valence-electron chi connectivity index (χ3n) is 2.38. The number of methoxy groups -OCH3 is 1. The van der Waals surface area contributed by atoms with Crippen LogP contribution in [0.15, 0.2) is 22.7 Å². The van der Waals surface area contributed by atoms with Crippen molar-refractivity contribution in [3.8, 4) is 0 Å². The van der Waals surface area contributed by atoms with E-state index in [2.05, 4.69) is 26.0 Å². The summed E-state index contributed by atoms with van der Waals surface area (Å²) in [6.45, 7) is 1.79. The number of rotatable bonds is 4. The first-order valence-corrected chi connectivity index (χ1v) is 6.50. The van der Waals surface area contributed by atoms with Gasteiger partial charge < -0.3 is 10.1 Å². The van der Waals surface area contributed by atoms with Crippen LogP contribution in [0.25, 0.3) is 0 Å². The molecule has 0 aliphatic heterocycles. The summed E-state index contributed by atoms with van der Waals surface area (Å²) in [6.07, 6.45) is 0.465. The fraction of sp³-hybridized carbons (Fsp3) is 0.333. The lowest BCUT2D eigenvalue weighted by Crippen LogP contribution is -2.41. The van der Waals surface area contributed by atoms with E-state index in [1.165, 1.54) is 7.11 Å². The molecule has 0 aromatic heterocycles. The highest BCUT2D eigenvalue weighted by atomic mass is 79.9. The molecule has 0 saturated heterocycles. The zero-order valence-electron chi connectivity index (χ0n) is 10.00. The van der Waals surface area contributed by atoms with Crippen LogP contribution in [0.3, 0.4) is 0 Å². The van der Waals surface area contributed by atoms with Gasteiger partial charge in [-0.05, 0) is 40.5 Å². The number of halogens is 2. The van der Waals surface area contributed by atoms with Gasteiger partial charge in [0.2, 0.25) is 0 Å². The highest BCUT2D eigenvalue weighted by Crippen LogP contribution is 2.23. The van der Waals surface area contributed by atoms with Crippen LogP contribution in [0, 0.1) is 0 Å². The van der Waals surface area contributed by atoms with Crippen LogP contribution in [-0.4, -0.2) is 25.0 Å². The molecule has 1 N–H and O–H groups in total. The Morgan fingerprint density at radius 2 is 2.17 bits per heavy atom. The van der Waals surface area contributed by atoms with Crippen molar-refractivity contribution in [1.29, 1.82) is 0 Å². The van der Waals surface area contributed by atoms with Gasteiger partial charge in [0.05, 0.1) is 12.1 Å². The monoisotopic (exact) mass is 333 g/mol. The first-order chi connectivity index (χ1) is 8.49. The molecule has 18 heavy (non-hydrogen) atoms. The SMILES string of the molecule is CCC(NC(=O)c1ccc(Cl)c(Br)c1)C(=O)OC. The summed E-state index contributed by atoms with van der Waals surface area (Å²) in [5.41, 5.74) is 0.425. The topological polar surface area (TPSA) is 55.4 Å². The second-order valence-electron chi connectivity index (χ2n) is 3.59. The van der Waals surface area contributed by atoms with E-state index < -0.39 is 12.0 Å². The molecule has 0 saturated carbocycles. The maximum atomic E-state index is 11.9. The first-order valence-electron chi connectivity index (χ1n) is 5.33. The van der Waals surface area contributed by atoms with Gasteiger partial charge in [-0.2, -0.15) is 0 Å². The quantitative estimate of drug-likeness (QED) is 0.862. The van der Waals surface area contributed by atoms with Gasteiger partial charge in [0.1, 0.15) is 6.04 Å². The molecule has 1 aromatic carbocycles. The Hall–Kier alpha value is -1.07. The summed E-state index contributed by atoms with van der Waals surface area (Å²) < 4.78 is 5.23. The summed E-state index contributed by atoms with van der Waals surface area (Å²) >= 11 is 9.08. The Labute approximate surface area is 119 Å². The summed E-state index contributed by atoms with van der Waals surface area (Å²) in [5.74, 6) is -0.802. The molecule has 98 valence electrons. The van der Waals surface area contributed by atoms with Crippen molar-refractivity contribution in [2.24, 2.45) is 0 Å². The van der Waals surface area contributed by atoms with Crippen LogP contribution in [-0.2, 0) is 9.53 Å². The average molecular weight is 335 g/mol. The number of nitrogens with one attached hydrogen (secondary N) is 1. The summed E-state index contributed by atoms with van der Waals surface area (Å²) in [4.78, 5) is 23.3. The normalized spacial score (nSPS) is 11.8. The van der Waals surface area contributed by atoms with E-state index in [0.717, 1.165) is 0 Å². The number of carbonyl (C=O) groups is 2. The number of hydrogen-bond acceptors (Lipinski definition) is 3. The third-order valence-corrected chi connectivity index (χ3v) is 3.60. The van der Waals surface area contributed by atoms with Gasteiger partial charge in [0, 0.05) is 10.0 Å². The Kier molecular flexibility index (Phi) is 5.62. The van der Waals surface area contributed by atoms with E-state index in [4.69, 9.17) is 11.6 Å². The molecule has 0 fully saturated rings. The van der Waals surface area contributed by atoms with Gasteiger partial charge in [-0.15, -0.1) is 0 Å². The number of hydrogen-bond donors (Lipinski definition) is 1. The van der Waals surface area contributed by atoms with Crippen LogP contribution < -0.4 is 5.32 Å². The molecule has 4 nitrogen and oxygen atoms in total. The van der Waals surface area contributed by atoms with E-state index in [0.29, 0.717) is 21.5 Å². The molecule has 0 aliphatic rings. The maximum Gasteiger partial charge on any atom is 0.328 e. The number of esters is 1. The van der Waals surface area contributed by atoms with Crippen molar-refractivity contribution < 1.29 is 14.3 Å². The summed E-state index contributed by atoms with van der Waals surface area (Å²) in [5, 5.41) is 3.12. The zero-order valence-corrected chi connectivity index (χ0v) is 12.3. The fourth-order valence-electron chi connectivity index (χ4n) is 1.35. The molecule has 1 amide bonds. The van der Waals surface area contributed by atoms with Gasteiger partial charge in [-0.1, -0.05) is 18.5 Å². The van der Waals surface area contributed by atoms with Gasteiger partial charge in [0.25, 0.3) is 5.91 Å². The molecular weight excluding hydrogens is 321 g/mol. The Morgan fingerprint density at radius 3 is 2.67 bits per heavy atom. The van der Waals surface area contributed by atoms with Crippen molar-refractivity contribution in [3.63, 3.8) is 0 Å². The van der Waals surface area contributed by atoms with E-state index in [1.54, 1.807) is 25.1 Å². The van der Waals surface area contributed by atoms with E-state index >= 15 is 0 Å². The van der Waals surface area contributed by atoms with Gasteiger partial charge >= 0.3 is 5.97 Å². The van der Waals surface area contributed by atoms with Crippen LogP contribution in [0.2, 0.25) is 5.02 Å². The lowest BCUT2D eigenvalue weighted by molar-refractivity contribution is -0.142. The van der Waals surface area contributed by atoms with Gasteiger partial charge in [-0.25, -0.2) is 4.79 Å². The zero-order chi connectivity index (χ0) is 13.7. The van der Waals surface area contributed by atoms with Gasteiger partial charge in [0.15, 0.2) is 0 Å². The van der Waals surface area contributed by atoms with E-state index in [-0.39, 0.29) is 5.91 Å². The highest BCUT2D eigenvalue weighted by molar-refractivity contribution is 9.10. The summed E-state index contributed by atoms with van der Waals surface area (Å²) in [7, 11) is 1.29. The molecule has 0 heterocycles.